The molecule has 2 aliphatic rings. The molecule has 1 aromatic rings. The van der Waals surface area contributed by atoms with Crippen molar-refractivity contribution < 1.29 is 9.47 Å². The van der Waals surface area contributed by atoms with Gasteiger partial charge in [0.2, 0.25) is 0 Å². The molecule has 0 aliphatic carbocycles. The summed E-state index contributed by atoms with van der Waals surface area (Å²) in [5.41, 5.74) is 1.11. The first-order valence-corrected chi connectivity index (χ1v) is 7.52. The molecule has 110 valence electrons. The zero-order valence-electron chi connectivity index (χ0n) is 11.9. The zero-order chi connectivity index (χ0) is 13.6. The fraction of sp³-hybridized carbons (Fsp3) is 0.667. The van der Waals surface area contributed by atoms with E-state index in [-0.39, 0.29) is 0 Å². The van der Waals surface area contributed by atoms with E-state index in [0.29, 0.717) is 0 Å². The first-order chi connectivity index (χ1) is 9.92. The summed E-state index contributed by atoms with van der Waals surface area (Å²) in [7, 11) is 0. The van der Waals surface area contributed by atoms with Gasteiger partial charge >= 0.3 is 0 Å². The van der Waals surface area contributed by atoms with Gasteiger partial charge in [0, 0.05) is 32.8 Å². The van der Waals surface area contributed by atoms with Crippen LogP contribution in [0.5, 0.6) is 0 Å². The quantitative estimate of drug-likeness (QED) is 0.908. The normalized spacial score (nSPS) is 20.9. The summed E-state index contributed by atoms with van der Waals surface area (Å²) in [6.45, 7) is 6.28. The number of hydrogen-bond acceptors (Lipinski definition) is 5. The monoisotopic (exact) mass is 277 g/mol. The van der Waals surface area contributed by atoms with Crippen molar-refractivity contribution in [1.82, 2.24) is 4.98 Å². The zero-order valence-corrected chi connectivity index (χ0v) is 11.9. The topological polar surface area (TPSA) is 46.6 Å². The lowest BCUT2D eigenvalue weighted by molar-refractivity contribution is 0.0699. The summed E-state index contributed by atoms with van der Waals surface area (Å²) in [6, 6.07) is 4.22. The molecule has 2 saturated heterocycles. The van der Waals surface area contributed by atoms with E-state index in [4.69, 9.17) is 9.47 Å². The lowest BCUT2D eigenvalue weighted by Crippen LogP contribution is -2.36. The summed E-state index contributed by atoms with van der Waals surface area (Å²) < 4.78 is 10.7. The Bertz CT molecular complexity index is 398. The predicted molar refractivity (Wildman–Crippen MR) is 79.3 cm³/mol. The van der Waals surface area contributed by atoms with Crippen molar-refractivity contribution in [3.8, 4) is 0 Å². The minimum Gasteiger partial charge on any atom is -0.384 e. The number of aromatic nitrogens is 1. The van der Waals surface area contributed by atoms with Gasteiger partial charge in [-0.1, -0.05) is 0 Å². The molecule has 3 rings (SSSR count). The van der Waals surface area contributed by atoms with Crippen molar-refractivity contribution in [3.05, 3.63) is 18.3 Å². The summed E-state index contributed by atoms with van der Waals surface area (Å²) in [5.74, 6) is 1.77. The maximum absolute atomic E-state index is 5.38. The molecule has 0 unspecified atom stereocenters. The van der Waals surface area contributed by atoms with E-state index in [2.05, 4.69) is 27.3 Å². The Hall–Kier alpha value is -1.33. The van der Waals surface area contributed by atoms with Crippen LogP contribution in [0, 0.1) is 5.92 Å². The van der Waals surface area contributed by atoms with Gasteiger partial charge in [0.25, 0.3) is 0 Å². The van der Waals surface area contributed by atoms with E-state index in [0.717, 1.165) is 76.3 Å². The van der Waals surface area contributed by atoms with Crippen LogP contribution in [0.15, 0.2) is 18.3 Å². The number of nitrogens with zero attached hydrogens (tertiary/aromatic N) is 2. The SMILES string of the molecule is c1cc(N2CCOCC2)ncc1NCC1CCOCC1. The molecule has 0 bridgehead atoms. The molecule has 2 aliphatic heterocycles. The summed E-state index contributed by atoms with van der Waals surface area (Å²) >= 11 is 0. The molecule has 1 aromatic heterocycles. The van der Waals surface area contributed by atoms with Crippen molar-refractivity contribution >= 4 is 11.5 Å². The summed E-state index contributed by atoms with van der Waals surface area (Å²) in [4.78, 5) is 6.82. The average Bonchev–Trinajstić information content (AvgIpc) is 2.55. The molecule has 0 aromatic carbocycles. The van der Waals surface area contributed by atoms with Crippen LogP contribution in [0.1, 0.15) is 12.8 Å². The van der Waals surface area contributed by atoms with Crippen LogP contribution >= 0.6 is 0 Å². The number of hydrogen-bond donors (Lipinski definition) is 1. The smallest absolute Gasteiger partial charge is 0.128 e. The van der Waals surface area contributed by atoms with Gasteiger partial charge in [-0.2, -0.15) is 0 Å². The standard InChI is InChI=1S/C15H23N3O2/c1-2-15(18-5-9-20-10-6-18)17-12-14(1)16-11-13-3-7-19-8-4-13/h1-2,12-13,16H,3-11H2. The molecule has 0 amide bonds. The molecule has 0 atom stereocenters. The van der Waals surface area contributed by atoms with Crippen molar-refractivity contribution in [2.24, 2.45) is 5.92 Å². The van der Waals surface area contributed by atoms with Gasteiger partial charge in [-0.05, 0) is 30.9 Å². The van der Waals surface area contributed by atoms with E-state index in [1.165, 1.54) is 0 Å². The summed E-state index contributed by atoms with van der Waals surface area (Å²) in [5, 5.41) is 3.48. The van der Waals surface area contributed by atoms with E-state index < -0.39 is 0 Å². The van der Waals surface area contributed by atoms with E-state index in [1.54, 1.807) is 0 Å². The number of rotatable bonds is 4. The molecule has 1 N–H and O–H groups in total. The first-order valence-electron chi connectivity index (χ1n) is 7.52. The number of nitrogens with one attached hydrogen (secondary N) is 1. The molecule has 5 heteroatoms. The van der Waals surface area contributed by atoms with Crippen LogP contribution < -0.4 is 10.2 Å². The molecule has 5 nitrogen and oxygen atoms in total. The first kappa shape index (κ1) is 13.6. The number of ether oxygens (including phenoxy) is 2. The van der Waals surface area contributed by atoms with Crippen molar-refractivity contribution in [1.29, 1.82) is 0 Å². The van der Waals surface area contributed by atoms with Crippen molar-refractivity contribution in [2.75, 3.05) is 56.3 Å². The summed E-state index contributed by atoms with van der Waals surface area (Å²) in [6.07, 6.45) is 4.25. The molecule has 0 spiro atoms. The highest BCUT2D eigenvalue weighted by Crippen LogP contribution is 2.18. The Kier molecular flexibility index (Phi) is 4.71. The Morgan fingerprint density at radius 2 is 1.85 bits per heavy atom. The molecule has 0 saturated carbocycles. The highest BCUT2D eigenvalue weighted by Gasteiger charge is 2.14. The van der Waals surface area contributed by atoms with Gasteiger partial charge in [0.05, 0.1) is 25.1 Å². The lowest BCUT2D eigenvalue weighted by atomic mass is 10.0. The fourth-order valence-corrected chi connectivity index (χ4v) is 2.68. The van der Waals surface area contributed by atoms with Crippen LogP contribution in [0.3, 0.4) is 0 Å². The van der Waals surface area contributed by atoms with Gasteiger partial charge in [-0.15, -0.1) is 0 Å². The second-order valence-corrected chi connectivity index (χ2v) is 5.44. The largest absolute Gasteiger partial charge is 0.384 e. The number of pyridine rings is 1. The molecule has 20 heavy (non-hydrogen) atoms. The maximum atomic E-state index is 5.38. The number of anilines is 2. The van der Waals surface area contributed by atoms with Crippen molar-refractivity contribution in [3.63, 3.8) is 0 Å². The Morgan fingerprint density at radius 3 is 2.55 bits per heavy atom. The average molecular weight is 277 g/mol. The van der Waals surface area contributed by atoms with Gasteiger partial charge in [-0.3, -0.25) is 0 Å². The molecule has 2 fully saturated rings. The molecular formula is C15H23N3O2. The Balaban J connectivity index is 1.50. The minimum atomic E-state index is 0.725. The lowest BCUT2D eigenvalue weighted by Gasteiger charge is -2.28. The predicted octanol–water partition coefficient (Wildman–Crippen LogP) is 1.76. The van der Waals surface area contributed by atoms with Gasteiger partial charge in [0.1, 0.15) is 5.82 Å². The third-order valence-electron chi connectivity index (χ3n) is 4.02. The molecular weight excluding hydrogens is 254 g/mol. The fourth-order valence-electron chi connectivity index (χ4n) is 2.68. The van der Waals surface area contributed by atoms with Gasteiger partial charge < -0.3 is 19.7 Å². The van der Waals surface area contributed by atoms with Crippen LogP contribution in [0.4, 0.5) is 11.5 Å². The third-order valence-corrected chi connectivity index (χ3v) is 4.02. The van der Waals surface area contributed by atoms with Crippen LogP contribution in [-0.4, -0.2) is 51.0 Å². The second-order valence-electron chi connectivity index (χ2n) is 5.44. The highest BCUT2D eigenvalue weighted by molar-refractivity contribution is 5.48. The van der Waals surface area contributed by atoms with Crippen LogP contribution in [0.2, 0.25) is 0 Å². The van der Waals surface area contributed by atoms with Crippen LogP contribution in [0.25, 0.3) is 0 Å². The Labute approximate surface area is 120 Å². The third kappa shape index (κ3) is 3.61. The van der Waals surface area contributed by atoms with E-state index in [1.807, 2.05) is 6.20 Å². The van der Waals surface area contributed by atoms with Crippen LogP contribution in [-0.2, 0) is 9.47 Å². The maximum Gasteiger partial charge on any atom is 0.128 e. The Morgan fingerprint density at radius 1 is 1.10 bits per heavy atom. The number of morpholine rings is 1. The van der Waals surface area contributed by atoms with Crippen molar-refractivity contribution in [2.45, 2.75) is 12.8 Å². The van der Waals surface area contributed by atoms with Gasteiger partial charge in [-0.25, -0.2) is 4.98 Å². The highest BCUT2D eigenvalue weighted by atomic mass is 16.5. The van der Waals surface area contributed by atoms with E-state index in [9.17, 15) is 0 Å². The minimum absolute atomic E-state index is 0.725. The second kappa shape index (κ2) is 6.90. The van der Waals surface area contributed by atoms with Gasteiger partial charge in [0.15, 0.2) is 0 Å². The molecule has 0 radical (unpaired) electrons. The van der Waals surface area contributed by atoms with E-state index >= 15 is 0 Å². The molecule has 3 heterocycles.